The van der Waals surface area contributed by atoms with Gasteiger partial charge in [-0.2, -0.15) is 0 Å². The number of hydrogen-bond donors (Lipinski definition) is 0. The lowest BCUT2D eigenvalue weighted by Gasteiger charge is -2.32. The molecule has 1 aromatic carbocycles. The molecule has 0 bridgehead atoms. The fourth-order valence-corrected chi connectivity index (χ4v) is 2.50. The van der Waals surface area contributed by atoms with Crippen LogP contribution in [-0.4, -0.2) is 0 Å². The van der Waals surface area contributed by atoms with Gasteiger partial charge in [-0.15, -0.1) is 0 Å². The average Bonchev–Trinajstić information content (AvgIpc) is 2.37. The van der Waals surface area contributed by atoms with Gasteiger partial charge in [-0.3, -0.25) is 0 Å². The van der Waals surface area contributed by atoms with Gasteiger partial charge in [-0.25, -0.2) is 0 Å². The molecule has 0 heterocycles. The zero-order valence-corrected chi connectivity index (χ0v) is 14.3. The summed E-state index contributed by atoms with van der Waals surface area (Å²) in [6, 6.07) is 9.08. The second-order valence-electron chi connectivity index (χ2n) is 7.25. The lowest BCUT2D eigenvalue weighted by Crippen LogP contribution is -2.24. The summed E-state index contributed by atoms with van der Waals surface area (Å²) in [6.45, 7) is 19.7. The summed E-state index contributed by atoms with van der Waals surface area (Å²) in [5.74, 6) is 0. The van der Waals surface area contributed by atoms with Crippen molar-refractivity contribution in [3.8, 4) is 0 Å². The van der Waals surface area contributed by atoms with Crippen LogP contribution >= 0.6 is 0 Å². The monoisotopic (exact) mass is 270 g/mol. The van der Waals surface area contributed by atoms with Gasteiger partial charge in [0.25, 0.3) is 0 Å². The largest absolute Gasteiger partial charge is 0.0992 e. The lowest BCUT2D eigenvalue weighted by molar-refractivity contribution is 0.548. The quantitative estimate of drug-likeness (QED) is 0.573. The summed E-state index contributed by atoms with van der Waals surface area (Å²) < 4.78 is 0. The molecular weight excluding hydrogens is 240 g/mol. The molecule has 0 saturated heterocycles. The van der Waals surface area contributed by atoms with Gasteiger partial charge in [0.05, 0.1) is 0 Å². The van der Waals surface area contributed by atoms with E-state index >= 15 is 0 Å². The number of rotatable bonds is 4. The minimum Gasteiger partial charge on any atom is -0.0992 e. The maximum atomic E-state index is 4.23. The van der Waals surface area contributed by atoms with Crippen molar-refractivity contribution in [1.82, 2.24) is 0 Å². The van der Waals surface area contributed by atoms with Crippen LogP contribution in [-0.2, 0) is 10.8 Å². The summed E-state index contributed by atoms with van der Waals surface area (Å²) in [6.07, 6.45) is 3.23. The van der Waals surface area contributed by atoms with E-state index in [-0.39, 0.29) is 10.8 Å². The fraction of sp³-hybridized carbons (Fsp3) is 0.500. The molecule has 0 aliphatic rings. The van der Waals surface area contributed by atoms with E-state index in [2.05, 4.69) is 85.4 Å². The van der Waals surface area contributed by atoms with Crippen molar-refractivity contribution >= 4 is 0 Å². The molecule has 0 aliphatic carbocycles. The SMILES string of the molecule is C=C(C)C(C)(C/C(C)=C/C)c1ccc(C(C)(C)C)cc1. The first-order chi connectivity index (χ1) is 9.11. The first kappa shape index (κ1) is 16.8. The van der Waals surface area contributed by atoms with Crippen LogP contribution < -0.4 is 0 Å². The smallest absolute Gasteiger partial charge is 0.0165 e. The highest BCUT2D eigenvalue weighted by Gasteiger charge is 2.28. The summed E-state index contributed by atoms with van der Waals surface area (Å²) in [5, 5.41) is 0. The predicted molar refractivity (Wildman–Crippen MR) is 91.4 cm³/mol. The fourth-order valence-electron chi connectivity index (χ4n) is 2.50. The van der Waals surface area contributed by atoms with Gasteiger partial charge in [0.15, 0.2) is 0 Å². The van der Waals surface area contributed by atoms with Gasteiger partial charge < -0.3 is 0 Å². The molecule has 1 atom stereocenters. The molecule has 0 N–H and O–H groups in total. The molecule has 0 heteroatoms. The zero-order valence-electron chi connectivity index (χ0n) is 14.3. The van der Waals surface area contributed by atoms with Gasteiger partial charge in [-0.1, -0.05) is 75.8 Å². The van der Waals surface area contributed by atoms with Crippen LogP contribution in [0.4, 0.5) is 0 Å². The molecule has 110 valence electrons. The van der Waals surface area contributed by atoms with Crippen LogP contribution in [0.2, 0.25) is 0 Å². The number of allylic oxidation sites excluding steroid dienone is 3. The summed E-state index contributed by atoms with van der Waals surface area (Å²) in [4.78, 5) is 0. The number of benzene rings is 1. The first-order valence-corrected chi connectivity index (χ1v) is 7.50. The van der Waals surface area contributed by atoms with Gasteiger partial charge in [0.2, 0.25) is 0 Å². The van der Waals surface area contributed by atoms with Crippen LogP contribution in [0.15, 0.2) is 48.1 Å². The van der Waals surface area contributed by atoms with Crippen molar-refractivity contribution in [1.29, 1.82) is 0 Å². The summed E-state index contributed by atoms with van der Waals surface area (Å²) in [5.41, 5.74) is 5.61. The van der Waals surface area contributed by atoms with Gasteiger partial charge in [-0.05, 0) is 43.7 Å². The maximum Gasteiger partial charge on any atom is 0.0165 e. The van der Waals surface area contributed by atoms with Gasteiger partial charge >= 0.3 is 0 Å². The van der Waals surface area contributed by atoms with Crippen LogP contribution in [0.5, 0.6) is 0 Å². The topological polar surface area (TPSA) is 0 Å². The van der Waals surface area contributed by atoms with E-state index in [9.17, 15) is 0 Å². The Hall–Kier alpha value is -1.30. The Kier molecular flexibility index (Phi) is 5.02. The van der Waals surface area contributed by atoms with Crippen molar-refractivity contribution in [3.63, 3.8) is 0 Å². The molecule has 0 saturated carbocycles. The van der Waals surface area contributed by atoms with E-state index in [0.29, 0.717) is 0 Å². The van der Waals surface area contributed by atoms with E-state index in [1.807, 2.05) is 0 Å². The molecule has 0 aliphatic heterocycles. The van der Waals surface area contributed by atoms with E-state index in [4.69, 9.17) is 0 Å². The third kappa shape index (κ3) is 3.62. The predicted octanol–water partition coefficient (Wildman–Crippen LogP) is 6.17. The Morgan fingerprint density at radius 1 is 1.00 bits per heavy atom. The third-order valence-corrected chi connectivity index (χ3v) is 4.46. The number of hydrogen-bond acceptors (Lipinski definition) is 0. The first-order valence-electron chi connectivity index (χ1n) is 7.50. The second kappa shape index (κ2) is 5.99. The lowest BCUT2D eigenvalue weighted by atomic mass is 9.72. The molecule has 0 aromatic heterocycles. The molecule has 0 nitrogen and oxygen atoms in total. The minimum atomic E-state index is 0.0208. The molecule has 0 amide bonds. The molecule has 1 rings (SSSR count). The van der Waals surface area contributed by atoms with Crippen LogP contribution in [0, 0.1) is 0 Å². The van der Waals surface area contributed by atoms with Crippen LogP contribution in [0.1, 0.15) is 66.0 Å². The van der Waals surface area contributed by atoms with E-state index in [1.54, 1.807) is 0 Å². The van der Waals surface area contributed by atoms with Gasteiger partial charge in [0, 0.05) is 5.41 Å². The van der Waals surface area contributed by atoms with Crippen molar-refractivity contribution in [2.75, 3.05) is 0 Å². The van der Waals surface area contributed by atoms with Crippen LogP contribution in [0.3, 0.4) is 0 Å². The molecule has 0 spiro atoms. The highest BCUT2D eigenvalue weighted by atomic mass is 14.3. The van der Waals surface area contributed by atoms with Crippen molar-refractivity contribution < 1.29 is 0 Å². The molecular formula is C20H30. The van der Waals surface area contributed by atoms with E-state index < -0.39 is 0 Å². The van der Waals surface area contributed by atoms with Crippen molar-refractivity contribution in [2.45, 2.75) is 65.7 Å². The minimum absolute atomic E-state index is 0.0208. The Labute approximate surface area is 125 Å². The van der Waals surface area contributed by atoms with E-state index in [0.717, 1.165) is 6.42 Å². The van der Waals surface area contributed by atoms with E-state index in [1.165, 1.54) is 22.3 Å². The molecule has 0 fully saturated rings. The Morgan fingerprint density at radius 3 is 1.80 bits per heavy atom. The second-order valence-corrected chi connectivity index (χ2v) is 7.25. The Morgan fingerprint density at radius 2 is 1.45 bits per heavy atom. The average molecular weight is 270 g/mol. The van der Waals surface area contributed by atoms with Crippen LogP contribution in [0.25, 0.3) is 0 Å². The highest BCUT2D eigenvalue weighted by molar-refractivity contribution is 5.38. The summed E-state index contributed by atoms with van der Waals surface area (Å²) >= 11 is 0. The Balaban J connectivity index is 3.20. The molecule has 1 aromatic rings. The van der Waals surface area contributed by atoms with Gasteiger partial charge in [0.1, 0.15) is 0 Å². The standard InChI is InChI=1S/C20H30/c1-9-16(4)14-20(8,15(2)3)18-12-10-17(11-13-18)19(5,6)7/h9-13H,2,14H2,1,3-8H3/b16-9+. The summed E-state index contributed by atoms with van der Waals surface area (Å²) in [7, 11) is 0. The molecule has 20 heavy (non-hydrogen) atoms. The normalized spacial score (nSPS) is 15.8. The maximum absolute atomic E-state index is 4.23. The molecule has 0 radical (unpaired) electrons. The third-order valence-electron chi connectivity index (χ3n) is 4.46. The zero-order chi connectivity index (χ0) is 15.6. The van der Waals surface area contributed by atoms with Crippen molar-refractivity contribution in [2.24, 2.45) is 0 Å². The molecule has 1 unspecified atom stereocenters. The van der Waals surface area contributed by atoms with Crippen molar-refractivity contribution in [3.05, 3.63) is 59.2 Å². The highest BCUT2D eigenvalue weighted by Crippen LogP contribution is 2.37. The Bertz CT molecular complexity index is 494.